The molecule has 2 nitrogen and oxygen atoms in total. The second-order valence-electron chi connectivity index (χ2n) is 4.82. The number of ketones is 1. The van der Waals surface area contributed by atoms with Crippen LogP contribution in [0.15, 0.2) is 36.4 Å². The van der Waals surface area contributed by atoms with Crippen LogP contribution in [-0.2, 0) is 6.42 Å². The highest BCUT2D eigenvalue weighted by Gasteiger charge is 2.20. The first-order valence-corrected chi connectivity index (χ1v) is 6.90. The summed E-state index contributed by atoms with van der Waals surface area (Å²) in [5, 5.41) is 3.55. The van der Waals surface area contributed by atoms with Crippen LogP contribution in [0.5, 0.6) is 0 Å². The third-order valence-electron chi connectivity index (χ3n) is 3.52. The fraction of sp³-hybridized carbons (Fsp3) is 0.188. The zero-order valence-electron chi connectivity index (χ0n) is 10.7. The smallest absolute Gasteiger partial charge is 0.196 e. The number of nitrogens with one attached hydrogen (secondary N) is 1. The second kappa shape index (κ2) is 5.25. The van der Waals surface area contributed by atoms with E-state index in [2.05, 4.69) is 5.32 Å². The molecule has 0 aliphatic carbocycles. The lowest BCUT2D eigenvalue weighted by molar-refractivity contribution is 0.103. The van der Waals surface area contributed by atoms with Gasteiger partial charge in [0.15, 0.2) is 5.78 Å². The summed E-state index contributed by atoms with van der Waals surface area (Å²) in [6.07, 6.45) is 1.81. The summed E-state index contributed by atoms with van der Waals surface area (Å²) in [6, 6.07) is 9.66. The highest BCUT2D eigenvalue weighted by Crippen LogP contribution is 2.28. The number of hydrogen-bond acceptors (Lipinski definition) is 2. The van der Waals surface area contributed by atoms with Crippen molar-refractivity contribution in [3.63, 3.8) is 0 Å². The fourth-order valence-corrected chi connectivity index (χ4v) is 2.70. The lowest BCUT2D eigenvalue weighted by atomic mass is 9.92. The molecule has 0 saturated heterocycles. The number of rotatable bonds is 2. The van der Waals surface area contributed by atoms with E-state index in [-0.39, 0.29) is 16.4 Å². The van der Waals surface area contributed by atoms with E-state index in [4.69, 9.17) is 11.6 Å². The predicted octanol–water partition coefficient (Wildman–Crippen LogP) is 4.07. The number of anilines is 1. The fourth-order valence-electron chi connectivity index (χ4n) is 2.54. The molecule has 1 aliphatic rings. The highest BCUT2D eigenvalue weighted by atomic mass is 35.5. The van der Waals surface area contributed by atoms with Gasteiger partial charge in [-0.15, -0.1) is 0 Å². The van der Waals surface area contributed by atoms with E-state index in [1.807, 2.05) is 12.1 Å². The first kappa shape index (κ1) is 13.1. The molecule has 2 aromatic carbocycles. The minimum absolute atomic E-state index is 0.0633. The minimum Gasteiger partial charge on any atom is -0.385 e. The number of hydrogen-bond donors (Lipinski definition) is 1. The molecule has 0 atom stereocenters. The summed E-state index contributed by atoms with van der Waals surface area (Å²) in [4.78, 5) is 12.5. The van der Waals surface area contributed by atoms with Gasteiger partial charge in [0, 0.05) is 22.8 Å². The first-order valence-electron chi connectivity index (χ1n) is 6.52. The molecule has 0 bridgehead atoms. The molecule has 0 spiro atoms. The van der Waals surface area contributed by atoms with Gasteiger partial charge >= 0.3 is 0 Å². The lowest BCUT2D eigenvalue weighted by Crippen LogP contribution is -2.16. The van der Waals surface area contributed by atoms with Gasteiger partial charge in [0.2, 0.25) is 0 Å². The van der Waals surface area contributed by atoms with Crippen molar-refractivity contribution >= 4 is 23.1 Å². The Kier molecular flexibility index (Phi) is 3.45. The van der Waals surface area contributed by atoms with Gasteiger partial charge in [-0.2, -0.15) is 0 Å². The van der Waals surface area contributed by atoms with Crippen molar-refractivity contribution in [2.45, 2.75) is 12.8 Å². The summed E-state index contributed by atoms with van der Waals surface area (Å²) >= 11 is 5.72. The number of halogens is 2. The van der Waals surface area contributed by atoms with Crippen molar-refractivity contribution in [3.8, 4) is 0 Å². The van der Waals surface area contributed by atoms with E-state index in [1.54, 1.807) is 6.07 Å². The van der Waals surface area contributed by atoms with Crippen molar-refractivity contribution < 1.29 is 9.18 Å². The molecule has 4 heteroatoms. The standard InChI is InChI=1S/C16H13ClFNO/c17-10-6-7-13(14(18)9-10)16(20)12-3-1-5-15-11(12)4-2-8-19-15/h1,3,5-7,9,19H,2,4,8H2. The SMILES string of the molecule is O=C(c1ccc(Cl)cc1F)c1cccc2c1CCCN2. The molecule has 2 aromatic rings. The molecular formula is C16H13ClFNO. The van der Waals surface area contributed by atoms with Crippen LogP contribution in [0.3, 0.4) is 0 Å². The third kappa shape index (κ3) is 2.29. The quantitative estimate of drug-likeness (QED) is 0.845. The van der Waals surface area contributed by atoms with Crippen molar-refractivity contribution in [3.05, 3.63) is 63.9 Å². The molecule has 102 valence electrons. The molecule has 1 aliphatic heterocycles. The lowest BCUT2D eigenvalue weighted by Gasteiger charge is -2.20. The van der Waals surface area contributed by atoms with Crippen LogP contribution >= 0.6 is 11.6 Å². The Morgan fingerprint density at radius 3 is 2.85 bits per heavy atom. The highest BCUT2D eigenvalue weighted by molar-refractivity contribution is 6.30. The van der Waals surface area contributed by atoms with Crippen molar-refractivity contribution in [2.24, 2.45) is 0 Å². The summed E-state index contributed by atoms with van der Waals surface area (Å²) in [6.45, 7) is 0.903. The second-order valence-corrected chi connectivity index (χ2v) is 5.25. The van der Waals surface area contributed by atoms with E-state index in [0.717, 1.165) is 30.6 Å². The van der Waals surface area contributed by atoms with Crippen LogP contribution in [0.25, 0.3) is 0 Å². The van der Waals surface area contributed by atoms with E-state index in [1.165, 1.54) is 18.2 Å². The van der Waals surface area contributed by atoms with Crippen molar-refractivity contribution in [1.82, 2.24) is 0 Å². The van der Waals surface area contributed by atoms with Gasteiger partial charge in [0.25, 0.3) is 0 Å². The van der Waals surface area contributed by atoms with Crippen LogP contribution in [0, 0.1) is 5.82 Å². The topological polar surface area (TPSA) is 29.1 Å². The van der Waals surface area contributed by atoms with Gasteiger partial charge in [0.1, 0.15) is 5.82 Å². The number of carbonyl (C=O) groups excluding carboxylic acids is 1. The predicted molar refractivity (Wildman–Crippen MR) is 78.1 cm³/mol. The zero-order chi connectivity index (χ0) is 14.1. The summed E-state index contributed by atoms with van der Waals surface area (Å²) in [5.74, 6) is -0.872. The van der Waals surface area contributed by atoms with Crippen LogP contribution < -0.4 is 5.32 Å². The van der Waals surface area contributed by atoms with E-state index in [0.29, 0.717) is 5.56 Å². The largest absolute Gasteiger partial charge is 0.385 e. The molecule has 1 heterocycles. The monoisotopic (exact) mass is 289 g/mol. The minimum atomic E-state index is -0.580. The van der Waals surface area contributed by atoms with Gasteiger partial charge in [-0.05, 0) is 42.7 Å². The maximum atomic E-state index is 13.9. The zero-order valence-corrected chi connectivity index (χ0v) is 11.5. The average Bonchev–Trinajstić information content (AvgIpc) is 2.46. The van der Waals surface area contributed by atoms with E-state index >= 15 is 0 Å². The molecule has 20 heavy (non-hydrogen) atoms. The average molecular weight is 290 g/mol. The summed E-state index contributed by atoms with van der Waals surface area (Å²) < 4.78 is 13.9. The molecule has 0 fully saturated rings. The Balaban J connectivity index is 2.07. The van der Waals surface area contributed by atoms with Crippen LogP contribution in [0.2, 0.25) is 5.02 Å². The van der Waals surface area contributed by atoms with Crippen molar-refractivity contribution in [1.29, 1.82) is 0 Å². The molecular weight excluding hydrogens is 277 g/mol. The molecule has 0 amide bonds. The maximum absolute atomic E-state index is 13.9. The number of carbonyl (C=O) groups is 1. The molecule has 0 unspecified atom stereocenters. The third-order valence-corrected chi connectivity index (χ3v) is 3.75. The van der Waals surface area contributed by atoms with Gasteiger partial charge in [-0.3, -0.25) is 4.79 Å². The maximum Gasteiger partial charge on any atom is 0.196 e. The molecule has 0 radical (unpaired) electrons. The summed E-state index contributed by atoms with van der Waals surface area (Å²) in [7, 11) is 0. The van der Waals surface area contributed by atoms with E-state index < -0.39 is 5.82 Å². The van der Waals surface area contributed by atoms with Gasteiger partial charge in [-0.25, -0.2) is 4.39 Å². The van der Waals surface area contributed by atoms with Crippen molar-refractivity contribution in [2.75, 3.05) is 11.9 Å². The van der Waals surface area contributed by atoms with Gasteiger partial charge in [-0.1, -0.05) is 23.7 Å². The molecule has 3 rings (SSSR count). The van der Waals surface area contributed by atoms with Crippen LogP contribution in [-0.4, -0.2) is 12.3 Å². The first-order chi connectivity index (χ1) is 9.66. The van der Waals surface area contributed by atoms with Gasteiger partial charge < -0.3 is 5.32 Å². The number of benzene rings is 2. The molecule has 0 aromatic heterocycles. The van der Waals surface area contributed by atoms with Crippen LogP contribution in [0.4, 0.5) is 10.1 Å². The van der Waals surface area contributed by atoms with Gasteiger partial charge in [0.05, 0.1) is 5.56 Å². The normalized spacial score (nSPS) is 13.5. The Hall–Kier alpha value is -1.87. The molecule has 1 N–H and O–H groups in total. The van der Waals surface area contributed by atoms with Crippen LogP contribution in [0.1, 0.15) is 27.9 Å². The Bertz CT molecular complexity index is 684. The Morgan fingerprint density at radius 2 is 2.05 bits per heavy atom. The Labute approximate surface area is 121 Å². The Morgan fingerprint density at radius 1 is 1.20 bits per heavy atom. The molecule has 0 saturated carbocycles. The summed E-state index contributed by atoms with van der Waals surface area (Å²) in [5.41, 5.74) is 2.57. The van der Waals surface area contributed by atoms with E-state index in [9.17, 15) is 9.18 Å². The number of fused-ring (bicyclic) bond motifs is 1.